The van der Waals surface area contributed by atoms with Crippen LogP contribution in [0.5, 0.6) is 0 Å². The third kappa shape index (κ3) is 27.1. The van der Waals surface area contributed by atoms with Gasteiger partial charge in [0.1, 0.15) is 30.0 Å². The van der Waals surface area contributed by atoms with E-state index in [-0.39, 0.29) is 159 Å². The Kier molecular flexibility index (Phi) is 34.3. The molecule has 0 spiro atoms. The number of benzene rings is 1. The number of primary amides is 2. The van der Waals surface area contributed by atoms with E-state index in [2.05, 4.69) is 52.2 Å². The minimum Gasteiger partial charge on any atom is -0.480 e. The van der Waals surface area contributed by atoms with Gasteiger partial charge in [-0.2, -0.15) is 0 Å². The van der Waals surface area contributed by atoms with Crippen LogP contribution >= 0.6 is 0 Å². The molecule has 2 aromatic heterocycles. The number of nitrogens with two attached hydrogens (primary N) is 2. The Morgan fingerprint density at radius 3 is 1.88 bits per heavy atom. The zero-order valence-electron chi connectivity index (χ0n) is 56.8. The molecule has 1 radical (unpaired) electrons. The number of imidazole rings is 1. The predicted molar refractivity (Wildman–Crippen MR) is 357 cm³/mol. The molecule has 3 saturated heterocycles. The number of carboxylic acid groups (broad SMARTS) is 3. The number of aromatic nitrogens is 3. The topological polar surface area (TPSA) is 500 Å². The number of aliphatic hydroxyl groups excluding tert-OH is 1. The largest absolute Gasteiger partial charge is 2.00 e. The zero-order chi connectivity index (χ0) is 72.3. The molecule has 0 saturated carbocycles. The Bertz CT molecular complexity index is 3230. The summed E-state index contributed by atoms with van der Waals surface area (Å²) in [6.45, 7) is 3.66. The van der Waals surface area contributed by atoms with Gasteiger partial charge in [0, 0.05) is 132 Å². The van der Waals surface area contributed by atoms with Crippen LogP contribution in [0.15, 0.2) is 43.0 Å². The fraction of sp³-hybridized carbons (Fsp3) is 0.631. The van der Waals surface area contributed by atoms with Gasteiger partial charge in [-0.05, 0) is 75.8 Å². The number of nitrogens with one attached hydrogen (secondary N) is 9. The van der Waals surface area contributed by atoms with Crippen LogP contribution in [-0.2, 0) is 92.2 Å². The Balaban J connectivity index is 0.0000180. The number of amides is 7. The summed E-state index contributed by atoms with van der Waals surface area (Å²) >= 11 is 0. The van der Waals surface area contributed by atoms with E-state index in [4.69, 9.17) is 11.5 Å². The molecule has 3 unspecified atom stereocenters. The van der Waals surface area contributed by atoms with Crippen molar-refractivity contribution in [3.05, 3.63) is 54.2 Å². The number of hydrogen-bond donors (Lipinski definition) is 15. The number of hydrogen-bond acceptors (Lipinski definition) is 22. The third-order valence-electron chi connectivity index (χ3n) is 18.0. The van der Waals surface area contributed by atoms with Crippen molar-refractivity contribution in [2.24, 2.45) is 17.4 Å². The van der Waals surface area contributed by atoms with Crippen LogP contribution in [0.2, 0.25) is 0 Å². The van der Waals surface area contributed by atoms with Crippen LogP contribution in [0.4, 0.5) is 0 Å². The van der Waals surface area contributed by atoms with Crippen LogP contribution in [0.3, 0.4) is 0 Å². The van der Waals surface area contributed by atoms with Crippen LogP contribution < -0.4 is 48.7 Å². The molecule has 3 fully saturated rings. The summed E-state index contributed by atoms with van der Waals surface area (Å²) < 4.78 is 0. The predicted octanol–water partition coefficient (Wildman–Crippen LogP) is -3.85. The van der Waals surface area contributed by atoms with Crippen molar-refractivity contribution < 1.29 is 99.8 Å². The standard InChI is InChI=1S/C65H99N17O17.Cu/c1-39(2)26-48-61(94)76-50(28-42-31-68-37-71-42)64(97)82-17-7-11-52(82)63(96)75-47(29-56(66)87)55(86)15-13-45(70-32-57(67)88)46(10-6-12-54(85)51(36-83)77-62(95)49(73-38-72-48)27-41-30-69-44-9-5-4-8-43(41)44)74-58(89)16-14-53(65(98)99)81-24-22-79(34-59(90)91)20-18-78(33-40(3)84)19-21-80(23-25-81)35-60(92)93;/h4-5,8-9,30-31,37,39,45-53,69-70,72-73,83H,6-7,10-29,32-36,38H2,1-3H3,(H2,66,87)(H2,67,88)(H,68,71)(H,74,89)(H,75,96)(H,76,94)(H,77,95)(H,90,91)(H,92,93)(H,98,99);/q;+2/t45?,46?,47-,48-,49-,50-,51-,52-,53?;/m0./s1/i;1+0. The van der Waals surface area contributed by atoms with Crippen LogP contribution in [0.1, 0.15) is 103 Å². The first-order valence-electron chi connectivity index (χ1n) is 33.7. The van der Waals surface area contributed by atoms with E-state index >= 15 is 0 Å². The number of aromatic amines is 2. The van der Waals surface area contributed by atoms with Crippen LogP contribution in [0.25, 0.3) is 10.9 Å². The van der Waals surface area contributed by atoms with Gasteiger partial charge in [0.2, 0.25) is 41.4 Å². The molecule has 7 amide bonds. The summed E-state index contributed by atoms with van der Waals surface area (Å²) in [5, 5.41) is 62.5. The molecule has 9 atom stereocenters. The Hall–Kier alpha value is -8.12. The molecule has 5 heterocycles. The van der Waals surface area contributed by atoms with E-state index in [1.807, 2.05) is 38.1 Å². The van der Waals surface area contributed by atoms with E-state index in [0.29, 0.717) is 17.7 Å². The van der Waals surface area contributed by atoms with Crippen molar-refractivity contribution in [1.29, 1.82) is 0 Å². The monoisotopic (exact) mass is 1450 g/mol. The van der Waals surface area contributed by atoms with E-state index in [9.17, 15) is 82.8 Å². The molecule has 6 rings (SSSR count). The van der Waals surface area contributed by atoms with Crippen molar-refractivity contribution >= 4 is 87.5 Å². The summed E-state index contributed by atoms with van der Waals surface area (Å²) in [4.78, 5) is 195. The SMILES string of the molecule is CC(=O)CN1CCN(CC(=O)O)CCN(C(CCC(=O)NC2CCCC(=O)[C@H](CO)NC(=O)[C@H](Cc3c[nH]c4ccccc34)NCN[C@@H](CC(C)C)C(=O)N[C@@H](Cc3cnc[nH]3)C(=O)N3CCC[C@H]3C(=O)N[C@@H](CC(N)=O)C(=O)CCC2NCC(N)=O)C(=O)O)CCN(CC(=O)O)CC1.[64Cu+2]. The summed E-state index contributed by atoms with van der Waals surface area (Å²) in [6, 6.07) is -3.79. The third-order valence-corrected chi connectivity index (χ3v) is 18.0. The summed E-state index contributed by atoms with van der Waals surface area (Å²) in [6.07, 6.45) is 2.55. The maximum absolute atomic E-state index is 14.9. The summed E-state index contributed by atoms with van der Waals surface area (Å²) in [7, 11) is 0. The fourth-order valence-electron chi connectivity index (χ4n) is 12.9. The van der Waals surface area contributed by atoms with Gasteiger partial charge < -0.3 is 73.3 Å². The number of carboxylic acids is 3. The fourth-order valence-corrected chi connectivity index (χ4v) is 12.9. The average Bonchev–Trinajstić information content (AvgIpc) is 1.59. The zero-order valence-corrected chi connectivity index (χ0v) is 57.8. The number of Topliss-reactive ketones (excluding diaryl/α,β-unsaturated/α-hetero) is 3. The molecule has 0 bridgehead atoms. The Morgan fingerprint density at radius 2 is 1.28 bits per heavy atom. The Labute approximate surface area is 590 Å². The average molecular weight is 1450 g/mol. The van der Waals surface area contributed by atoms with E-state index < -0.39 is 171 Å². The maximum atomic E-state index is 14.9. The molecule has 3 aliphatic heterocycles. The number of carbonyl (C=O) groups excluding carboxylic acids is 10. The number of ketones is 3. The van der Waals surface area contributed by atoms with Gasteiger partial charge in [-0.25, -0.2) is 4.98 Å². The second-order valence-corrected chi connectivity index (χ2v) is 26.1. The molecule has 34 nitrogen and oxygen atoms in total. The first kappa shape index (κ1) is 82.5. The summed E-state index contributed by atoms with van der Waals surface area (Å²) in [5.74, 6) is -10.6. The van der Waals surface area contributed by atoms with Crippen molar-refractivity contribution in [3.8, 4) is 0 Å². The molecule has 35 heteroatoms. The first-order valence-corrected chi connectivity index (χ1v) is 33.7. The number of H-pyrrole nitrogens is 2. The molecule has 17 N–H and O–H groups in total. The van der Waals surface area contributed by atoms with Gasteiger partial charge in [-0.1, -0.05) is 32.0 Å². The van der Waals surface area contributed by atoms with Crippen molar-refractivity contribution in [2.45, 2.75) is 159 Å². The molecule has 3 aliphatic rings. The molecule has 555 valence electrons. The number of aliphatic carboxylic acids is 3. The second-order valence-electron chi connectivity index (χ2n) is 26.1. The van der Waals surface area contributed by atoms with E-state index in [0.717, 1.165) is 10.9 Å². The van der Waals surface area contributed by atoms with Crippen LogP contribution in [-0.4, -0.2) is 289 Å². The number of nitrogens with zero attached hydrogens (tertiary/aromatic N) is 6. The van der Waals surface area contributed by atoms with Crippen molar-refractivity contribution in [2.75, 3.05) is 98.4 Å². The number of rotatable bonds is 24. The van der Waals surface area contributed by atoms with Crippen molar-refractivity contribution in [1.82, 2.24) is 76.7 Å². The number of aliphatic hydroxyl groups is 1. The quantitative estimate of drug-likeness (QED) is 0.0382. The minimum absolute atomic E-state index is 0. The molecule has 1 aromatic carbocycles. The van der Waals surface area contributed by atoms with Crippen molar-refractivity contribution in [3.63, 3.8) is 0 Å². The van der Waals surface area contributed by atoms with Gasteiger partial charge in [0.15, 0.2) is 11.6 Å². The normalized spacial score (nSPS) is 23.9. The van der Waals surface area contributed by atoms with Crippen LogP contribution in [0, 0.1) is 5.92 Å². The minimum atomic E-state index is -1.56. The Morgan fingerprint density at radius 1 is 0.670 bits per heavy atom. The van der Waals surface area contributed by atoms with E-state index in [1.54, 1.807) is 20.9 Å². The molecule has 100 heavy (non-hydrogen) atoms. The maximum Gasteiger partial charge on any atom is 2.00 e. The second kappa shape index (κ2) is 41.6. The van der Waals surface area contributed by atoms with Gasteiger partial charge in [0.25, 0.3) is 0 Å². The molecular formula is C65H99CuN17O17+2. The summed E-state index contributed by atoms with van der Waals surface area (Å²) in [5.41, 5.74) is 13.3. The number of carbonyl (C=O) groups is 13. The van der Waals surface area contributed by atoms with Gasteiger partial charge in [-0.15, -0.1) is 0 Å². The molecular weight excluding hydrogens is 1350 g/mol. The smallest absolute Gasteiger partial charge is 0.480 e. The van der Waals surface area contributed by atoms with Gasteiger partial charge in [0.05, 0.1) is 63.7 Å². The molecule has 0 aliphatic carbocycles. The van der Waals surface area contributed by atoms with Gasteiger partial charge in [-0.3, -0.25) is 92.6 Å². The van der Waals surface area contributed by atoms with Gasteiger partial charge >= 0.3 is 35.0 Å². The van der Waals surface area contributed by atoms with E-state index in [1.165, 1.54) is 29.2 Å². The molecule has 3 aromatic rings. The number of para-hydroxylation sites is 1. The first-order chi connectivity index (χ1) is 47.2. The number of fused-ring (bicyclic) bond motifs is 2.